The van der Waals surface area contributed by atoms with Gasteiger partial charge in [0, 0.05) is 0 Å². The fourth-order valence-corrected chi connectivity index (χ4v) is 4.28. The van der Waals surface area contributed by atoms with Gasteiger partial charge in [-0.15, -0.1) is 22.7 Å². The smallest absolute Gasteiger partial charge is 0.0938 e. The Labute approximate surface area is 131 Å². The molecule has 104 valence electrons. The minimum atomic E-state index is 1.07. The lowest BCUT2D eigenvalue weighted by atomic mass is 10.1. The second kappa shape index (κ2) is 5.20. The SMILES string of the molecule is CCCc1nc2ccc(-c3ccc4scnc4c3)cc2s1. The van der Waals surface area contributed by atoms with Crippen LogP contribution in [0.4, 0.5) is 0 Å². The Kier molecular flexibility index (Phi) is 3.20. The molecule has 0 saturated carbocycles. The molecule has 21 heavy (non-hydrogen) atoms. The number of rotatable bonds is 3. The predicted octanol–water partition coefficient (Wildman–Crippen LogP) is 5.53. The van der Waals surface area contributed by atoms with Crippen molar-refractivity contribution in [3.8, 4) is 11.1 Å². The molecule has 2 heterocycles. The Morgan fingerprint density at radius 3 is 2.71 bits per heavy atom. The molecule has 4 rings (SSSR count). The third kappa shape index (κ3) is 2.34. The van der Waals surface area contributed by atoms with Gasteiger partial charge in [0.05, 0.1) is 31.0 Å². The molecule has 0 bridgehead atoms. The summed E-state index contributed by atoms with van der Waals surface area (Å²) in [6.45, 7) is 2.20. The van der Waals surface area contributed by atoms with Crippen molar-refractivity contribution in [2.75, 3.05) is 0 Å². The summed E-state index contributed by atoms with van der Waals surface area (Å²) in [5, 5.41) is 1.24. The van der Waals surface area contributed by atoms with Gasteiger partial charge in [0.2, 0.25) is 0 Å². The van der Waals surface area contributed by atoms with Crippen molar-refractivity contribution in [3.05, 3.63) is 46.9 Å². The molecule has 0 aliphatic carbocycles. The first-order chi connectivity index (χ1) is 10.3. The van der Waals surface area contributed by atoms with E-state index in [0.717, 1.165) is 23.9 Å². The van der Waals surface area contributed by atoms with Crippen LogP contribution >= 0.6 is 22.7 Å². The van der Waals surface area contributed by atoms with Crippen LogP contribution in [0.15, 0.2) is 41.9 Å². The Morgan fingerprint density at radius 2 is 1.81 bits per heavy atom. The molecule has 2 nitrogen and oxygen atoms in total. The molecule has 0 N–H and O–H groups in total. The van der Waals surface area contributed by atoms with Gasteiger partial charge in [-0.2, -0.15) is 0 Å². The van der Waals surface area contributed by atoms with Crippen LogP contribution in [-0.4, -0.2) is 9.97 Å². The van der Waals surface area contributed by atoms with Crippen LogP contribution in [0.25, 0.3) is 31.6 Å². The van der Waals surface area contributed by atoms with Crippen LogP contribution in [0.1, 0.15) is 18.4 Å². The quantitative estimate of drug-likeness (QED) is 0.497. The standard InChI is InChI=1S/C17H14N2S2/c1-2-3-17-19-13-6-4-12(9-16(13)21-17)11-5-7-15-14(8-11)18-10-20-15/h4-10H,2-3H2,1H3. The second-order valence-electron chi connectivity index (χ2n) is 5.07. The van der Waals surface area contributed by atoms with Crippen molar-refractivity contribution in [2.45, 2.75) is 19.8 Å². The molecule has 2 aromatic carbocycles. The van der Waals surface area contributed by atoms with E-state index in [2.05, 4.69) is 53.3 Å². The van der Waals surface area contributed by atoms with E-state index in [1.54, 1.807) is 11.3 Å². The monoisotopic (exact) mass is 310 g/mol. The van der Waals surface area contributed by atoms with Crippen molar-refractivity contribution >= 4 is 43.1 Å². The zero-order chi connectivity index (χ0) is 14.2. The highest BCUT2D eigenvalue weighted by Crippen LogP contribution is 2.30. The van der Waals surface area contributed by atoms with E-state index in [0.29, 0.717) is 0 Å². The summed E-state index contributed by atoms with van der Waals surface area (Å²) in [7, 11) is 0. The molecule has 0 fully saturated rings. The van der Waals surface area contributed by atoms with E-state index in [4.69, 9.17) is 0 Å². The summed E-state index contributed by atoms with van der Waals surface area (Å²) in [5.74, 6) is 0. The summed E-state index contributed by atoms with van der Waals surface area (Å²) in [6.07, 6.45) is 2.21. The summed E-state index contributed by atoms with van der Waals surface area (Å²) in [4.78, 5) is 9.09. The minimum absolute atomic E-state index is 1.07. The Hall–Kier alpha value is -1.78. The number of hydrogen-bond acceptors (Lipinski definition) is 4. The zero-order valence-corrected chi connectivity index (χ0v) is 13.3. The molecule has 0 saturated heterocycles. The predicted molar refractivity (Wildman–Crippen MR) is 92.2 cm³/mol. The summed E-state index contributed by atoms with van der Waals surface area (Å²) >= 11 is 3.49. The molecule has 4 aromatic rings. The van der Waals surface area contributed by atoms with Gasteiger partial charge in [-0.25, -0.2) is 9.97 Å². The first-order valence-electron chi connectivity index (χ1n) is 7.06. The average Bonchev–Trinajstić information content (AvgIpc) is 3.11. The van der Waals surface area contributed by atoms with Crippen molar-refractivity contribution < 1.29 is 0 Å². The van der Waals surface area contributed by atoms with E-state index >= 15 is 0 Å². The zero-order valence-electron chi connectivity index (χ0n) is 11.7. The lowest BCUT2D eigenvalue weighted by Crippen LogP contribution is -1.79. The van der Waals surface area contributed by atoms with Crippen LogP contribution in [0.2, 0.25) is 0 Å². The first kappa shape index (κ1) is 12.9. The maximum Gasteiger partial charge on any atom is 0.0938 e. The lowest BCUT2D eigenvalue weighted by Gasteiger charge is -2.01. The fraction of sp³-hybridized carbons (Fsp3) is 0.176. The second-order valence-corrected chi connectivity index (χ2v) is 7.08. The number of aromatic nitrogens is 2. The molecular formula is C17H14N2S2. The van der Waals surface area contributed by atoms with E-state index in [1.807, 2.05) is 16.8 Å². The molecule has 0 radical (unpaired) electrons. The number of benzene rings is 2. The molecular weight excluding hydrogens is 296 g/mol. The Balaban J connectivity index is 1.81. The summed E-state index contributed by atoms with van der Waals surface area (Å²) in [6, 6.07) is 13.0. The molecule has 0 spiro atoms. The van der Waals surface area contributed by atoms with Crippen LogP contribution < -0.4 is 0 Å². The highest BCUT2D eigenvalue weighted by atomic mass is 32.1. The molecule has 0 amide bonds. The molecule has 2 aromatic heterocycles. The first-order valence-corrected chi connectivity index (χ1v) is 8.76. The van der Waals surface area contributed by atoms with Crippen LogP contribution in [0.3, 0.4) is 0 Å². The van der Waals surface area contributed by atoms with Crippen LogP contribution in [0, 0.1) is 0 Å². The van der Waals surface area contributed by atoms with E-state index in [-0.39, 0.29) is 0 Å². The Morgan fingerprint density at radius 1 is 0.952 bits per heavy atom. The van der Waals surface area contributed by atoms with Crippen LogP contribution in [-0.2, 0) is 6.42 Å². The highest BCUT2D eigenvalue weighted by molar-refractivity contribution is 7.18. The minimum Gasteiger partial charge on any atom is -0.245 e. The van der Waals surface area contributed by atoms with Crippen molar-refractivity contribution in [3.63, 3.8) is 0 Å². The van der Waals surface area contributed by atoms with Gasteiger partial charge in [0.25, 0.3) is 0 Å². The van der Waals surface area contributed by atoms with Crippen molar-refractivity contribution in [1.82, 2.24) is 9.97 Å². The molecule has 0 unspecified atom stereocenters. The van der Waals surface area contributed by atoms with E-state index < -0.39 is 0 Å². The molecule has 0 atom stereocenters. The summed E-state index contributed by atoms with van der Waals surface area (Å²) < 4.78 is 2.51. The highest BCUT2D eigenvalue weighted by Gasteiger charge is 2.06. The third-order valence-electron chi connectivity index (χ3n) is 3.56. The van der Waals surface area contributed by atoms with Gasteiger partial charge >= 0.3 is 0 Å². The van der Waals surface area contributed by atoms with E-state index in [1.165, 1.54) is 25.5 Å². The number of aryl methyl sites for hydroxylation is 1. The number of nitrogens with zero attached hydrogens (tertiary/aromatic N) is 2. The van der Waals surface area contributed by atoms with E-state index in [9.17, 15) is 0 Å². The normalized spacial score (nSPS) is 11.5. The van der Waals surface area contributed by atoms with Crippen molar-refractivity contribution in [1.29, 1.82) is 0 Å². The molecule has 0 aliphatic rings. The lowest BCUT2D eigenvalue weighted by molar-refractivity contribution is 0.913. The number of thiazole rings is 2. The maximum atomic E-state index is 4.69. The molecule has 4 heteroatoms. The third-order valence-corrected chi connectivity index (χ3v) is 5.45. The van der Waals surface area contributed by atoms with Gasteiger partial charge in [-0.05, 0) is 48.2 Å². The number of fused-ring (bicyclic) bond motifs is 2. The fourth-order valence-electron chi connectivity index (χ4n) is 2.51. The maximum absolute atomic E-state index is 4.69. The summed E-state index contributed by atoms with van der Waals surface area (Å²) in [5.41, 5.74) is 6.55. The average molecular weight is 310 g/mol. The van der Waals surface area contributed by atoms with Gasteiger partial charge in [0.1, 0.15) is 0 Å². The van der Waals surface area contributed by atoms with Gasteiger partial charge in [-0.1, -0.05) is 19.1 Å². The van der Waals surface area contributed by atoms with Gasteiger partial charge < -0.3 is 0 Å². The van der Waals surface area contributed by atoms with Crippen molar-refractivity contribution in [2.24, 2.45) is 0 Å². The molecule has 0 aliphatic heterocycles. The van der Waals surface area contributed by atoms with Gasteiger partial charge in [0.15, 0.2) is 0 Å². The largest absolute Gasteiger partial charge is 0.245 e. The number of hydrogen-bond donors (Lipinski definition) is 0. The topological polar surface area (TPSA) is 25.8 Å². The van der Waals surface area contributed by atoms with Gasteiger partial charge in [-0.3, -0.25) is 0 Å². The van der Waals surface area contributed by atoms with Crippen LogP contribution in [0.5, 0.6) is 0 Å². The Bertz CT molecular complexity index is 921.